The van der Waals surface area contributed by atoms with Gasteiger partial charge in [0.2, 0.25) is 0 Å². The number of carboxylic acid groups (broad SMARTS) is 1. The summed E-state index contributed by atoms with van der Waals surface area (Å²) >= 11 is 2.91. The molecule has 0 saturated heterocycles. The molecule has 1 aliphatic carbocycles. The highest BCUT2D eigenvalue weighted by Gasteiger charge is 2.33. The van der Waals surface area contributed by atoms with Crippen LogP contribution in [0, 0.1) is 5.82 Å². The van der Waals surface area contributed by atoms with Gasteiger partial charge in [0.1, 0.15) is 5.82 Å². The number of fused-ring (bicyclic) bond motifs is 1. The fourth-order valence-electron chi connectivity index (χ4n) is 2.14. The van der Waals surface area contributed by atoms with Gasteiger partial charge in [0, 0.05) is 5.56 Å². The minimum atomic E-state index is -1.18. The van der Waals surface area contributed by atoms with E-state index in [1.165, 1.54) is 6.07 Å². The van der Waals surface area contributed by atoms with E-state index in [9.17, 15) is 14.3 Å². The lowest BCUT2D eigenvalue weighted by atomic mass is 10.0. The second-order valence-electron chi connectivity index (χ2n) is 4.01. The van der Waals surface area contributed by atoms with E-state index in [1.807, 2.05) is 6.92 Å². The smallest absolute Gasteiger partial charge is 0.336 e. The first-order valence-electron chi connectivity index (χ1n) is 4.86. The molecule has 0 spiro atoms. The molecule has 1 aromatic carbocycles. The molecule has 0 amide bonds. The topological polar surface area (TPSA) is 57.5 Å². The first-order valence-corrected chi connectivity index (χ1v) is 5.66. The quantitative estimate of drug-likeness (QED) is 0.835. The molecule has 3 nitrogen and oxygen atoms in total. The third-order valence-electron chi connectivity index (χ3n) is 2.95. The summed E-state index contributed by atoms with van der Waals surface area (Å²) in [6, 6.07) is 1.44. The summed E-state index contributed by atoms with van der Waals surface area (Å²) in [5.41, 5.74) is 0.715. The third-order valence-corrected chi connectivity index (χ3v) is 3.72. The van der Waals surface area contributed by atoms with Crippen molar-refractivity contribution in [3.63, 3.8) is 0 Å². The Bertz CT molecular complexity index is 473. The van der Waals surface area contributed by atoms with Crippen molar-refractivity contribution in [1.82, 2.24) is 0 Å². The summed E-state index contributed by atoms with van der Waals surface area (Å²) in [5, 5.41) is 18.6. The lowest BCUT2D eigenvalue weighted by Crippen LogP contribution is -2.05. The highest BCUT2D eigenvalue weighted by atomic mass is 79.9. The van der Waals surface area contributed by atoms with Crippen LogP contribution in [0.3, 0.4) is 0 Å². The Morgan fingerprint density at radius 3 is 2.81 bits per heavy atom. The number of aliphatic hydroxyl groups is 1. The third kappa shape index (κ3) is 1.55. The van der Waals surface area contributed by atoms with Gasteiger partial charge in [0.15, 0.2) is 0 Å². The van der Waals surface area contributed by atoms with Crippen LogP contribution in [0.5, 0.6) is 0 Å². The van der Waals surface area contributed by atoms with Gasteiger partial charge in [-0.05, 0) is 39.9 Å². The standard InChI is InChI=1S/C11H10BrFO3/c1-4-2-7(14)8-5(4)3-6(11(15)16)9(12)10(8)13/h3-4,7,14H,2H2,1H3,(H,15,16). The van der Waals surface area contributed by atoms with Crippen LogP contribution in [0.15, 0.2) is 10.5 Å². The van der Waals surface area contributed by atoms with Gasteiger partial charge in [-0.2, -0.15) is 0 Å². The van der Waals surface area contributed by atoms with E-state index < -0.39 is 17.9 Å². The van der Waals surface area contributed by atoms with Crippen LogP contribution in [0.4, 0.5) is 4.39 Å². The van der Waals surface area contributed by atoms with Crippen molar-refractivity contribution < 1.29 is 19.4 Å². The van der Waals surface area contributed by atoms with E-state index in [2.05, 4.69) is 15.9 Å². The monoisotopic (exact) mass is 288 g/mol. The Kier molecular flexibility index (Phi) is 2.75. The maximum Gasteiger partial charge on any atom is 0.336 e. The number of carboxylic acids is 1. The van der Waals surface area contributed by atoms with Crippen molar-refractivity contribution in [2.75, 3.05) is 0 Å². The Morgan fingerprint density at radius 1 is 1.62 bits per heavy atom. The van der Waals surface area contributed by atoms with Gasteiger partial charge in [-0.1, -0.05) is 6.92 Å². The van der Waals surface area contributed by atoms with Crippen molar-refractivity contribution in [3.8, 4) is 0 Å². The largest absolute Gasteiger partial charge is 0.478 e. The Labute approximate surface area is 100 Å². The number of halogens is 2. The van der Waals surface area contributed by atoms with Crippen LogP contribution in [-0.2, 0) is 0 Å². The van der Waals surface area contributed by atoms with E-state index in [1.54, 1.807) is 0 Å². The second-order valence-corrected chi connectivity index (χ2v) is 4.81. The predicted octanol–water partition coefficient (Wildman–Crippen LogP) is 2.83. The summed E-state index contributed by atoms with van der Waals surface area (Å²) in [7, 11) is 0. The van der Waals surface area contributed by atoms with Crippen molar-refractivity contribution >= 4 is 21.9 Å². The zero-order valence-electron chi connectivity index (χ0n) is 8.50. The van der Waals surface area contributed by atoms with Gasteiger partial charge in [-0.15, -0.1) is 0 Å². The minimum Gasteiger partial charge on any atom is -0.478 e. The van der Waals surface area contributed by atoms with E-state index in [4.69, 9.17) is 5.11 Å². The van der Waals surface area contributed by atoms with Gasteiger partial charge in [-0.3, -0.25) is 0 Å². The second kappa shape index (κ2) is 3.82. The number of rotatable bonds is 1. The summed E-state index contributed by atoms with van der Waals surface area (Å²) in [6.45, 7) is 1.84. The average molecular weight is 289 g/mol. The molecule has 2 unspecified atom stereocenters. The summed E-state index contributed by atoms with van der Waals surface area (Å²) in [4.78, 5) is 10.9. The first-order chi connectivity index (χ1) is 7.43. The predicted molar refractivity (Wildman–Crippen MR) is 59.1 cm³/mol. The highest BCUT2D eigenvalue weighted by Crippen LogP contribution is 2.44. The molecule has 2 N–H and O–H groups in total. The number of aliphatic hydroxyl groups excluding tert-OH is 1. The molecule has 5 heteroatoms. The lowest BCUT2D eigenvalue weighted by molar-refractivity contribution is 0.0695. The van der Waals surface area contributed by atoms with E-state index in [0.717, 1.165) is 0 Å². The molecular weight excluding hydrogens is 279 g/mol. The summed E-state index contributed by atoms with van der Waals surface area (Å²) in [6.07, 6.45) is -0.411. The van der Waals surface area contributed by atoms with Crippen molar-refractivity contribution in [2.24, 2.45) is 0 Å². The molecule has 0 aliphatic heterocycles. The molecule has 1 aromatic rings. The normalized spacial score (nSPS) is 23.2. The zero-order chi connectivity index (χ0) is 12.0. The van der Waals surface area contributed by atoms with Crippen LogP contribution < -0.4 is 0 Å². The van der Waals surface area contributed by atoms with Crippen LogP contribution in [-0.4, -0.2) is 16.2 Å². The fourth-order valence-corrected chi connectivity index (χ4v) is 2.64. The Hall–Kier alpha value is -0.940. The van der Waals surface area contributed by atoms with Crippen LogP contribution >= 0.6 is 15.9 Å². The SMILES string of the molecule is CC1CC(O)c2c1cc(C(=O)O)c(Br)c2F. The number of hydrogen-bond acceptors (Lipinski definition) is 2. The van der Waals surface area contributed by atoms with E-state index in [0.29, 0.717) is 12.0 Å². The molecule has 0 radical (unpaired) electrons. The molecule has 86 valence electrons. The molecule has 0 saturated carbocycles. The highest BCUT2D eigenvalue weighted by molar-refractivity contribution is 9.10. The molecule has 1 aliphatic rings. The summed E-state index contributed by atoms with van der Waals surface area (Å²) in [5.74, 6) is -1.86. The van der Waals surface area contributed by atoms with Gasteiger partial charge in [0.25, 0.3) is 0 Å². The minimum absolute atomic E-state index is 0.0225. The van der Waals surface area contributed by atoms with Crippen LogP contribution in [0.25, 0.3) is 0 Å². The van der Waals surface area contributed by atoms with Crippen molar-refractivity contribution in [2.45, 2.75) is 25.4 Å². The maximum absolute atomic E-state index is 13.9. The van der Waals surface area contributed by atoms with E-state index >= 15 is 0 Å². The number of carbonyl (C=O) groups is 1. The van der Waals surface area contributed by atoms with Crippen molar-refractivity contribution in [3.05, 3.63) is 33.0 Å². The van der Waals surface area contributed by atoms with Crippen LogP contribution in [0.1, 0.15) is 46.9 Å². The van der Waals surface area contributed by atoms with Gasteiger partial charge in [-0.25, -0.2) is 9.18 Å². The molecule has 0 fully saturated rings. The Morgan fingerprint density at radius 2 is 2.25 bits per heavy atom. The number of aromatic carboxylic acids is 1. The lowest BCUT2D eigenvalue weighted by Gasteiger charge is -2.10. The first kappa shape index (κ1) is 11.5. The number of benzene rings is 1. The molecule has 0 heterocycles. The zero-order valence-corrected chi connectivity index (χ0v) is 10.1. The molecule has 2 atom stereocenters. The molecule has 16 heavy (non-hydrogen) atoms. The number of hydrogen-bond donors (Lipinski definition) is 2. The van der Waals surface area contributed by atoms with Gasteiger partial charge < -0.3 is 10.2 Å². The summed E-state index contributed by atoms with van der Waals surface area (Å²) < 4.78 is 13.8. The van der Waals surface area contributed by atoms with Gasteiger partial charge in [0.05, 0.1) is 16.1 Å². The van der Waals surface area contributed by atoms with E-state index in [-0.39, 0.29) is 21.5 Å². The molecular formula is C11H10BrFO3. The van der Waals surface area contributed by atoms with Crippen molar-refractivity contribution in [1.29, 1.82) is 0 Å². The fraction of sp³-hybridized carbons (Fsp3) is 0.364. The van der Waals surface area contributed by atoms with Crippen LogP contribution in [0.2, 0.25) is 0 Å². The molecule has 0 bridgehead atoms. The van der Waals surface area contributed by atoms with Gasteiger partial charge >= 0.3 is 5.97 Å². The molecule has 2 rings (SSSR count). The Balaban J connectivity index is 2.71. The average Bonchev–Trinajstić information content (AvgIpc) is 2.47. The molecule has 0 aromatic heterocycles. The maximum atomic E-state index is 13.9.